The first kappa shape index (κ1) is 12.8. The monoisotopic (exact) mass is 267 g/mol. The molecule has 1 heterocycles. The molecule has 2 aromatic rings. The minimum Gasteiger partial charge on any atom is -0.497 e. The predicted molar refractivity (Wildman–Crippen MR) is 69.3 cm³/mol. The molecule has 0 aliphatic rings. The molecule has 18 heavy (non-hydrogen) atoms. The molecule has 1 atom stereocenters. The van der Waals surface area contributed by atoms with E-state index in [4.69, 9.17) is 31.2 Å². The second kappa shape index (κ2) is 5.33. The Kier molecular flexibility index (Phi) is 3.79. The van der Waals surface area contributed by atoms with E-state index in [1.165, 1.54) is 0 Å². The average Bonchev–Trinajstić information content (AvgIpc) is 2.83. The molecule has 2 rings (SSSR count). The molecule has 0 aliphatic heterocycles. The Bertz CT molecular complexity index is 517. The number of furan rings is 1. The first-order valence-electron chi connectivity index (χ1n) is 5.38. The van der Waals surface area contributed by atoms with E-state index in [1.807, 2.05) is 12.1 Å². The maximum absolute atomic E-state index is 6.11. The Morgan fingerprint density at radius 1 is 1.11 bits per heavy atom. The van der Waals surface area contributed by atoms with Gasteiger partial charge >= 0.3 is 0 Å². The molecule has 1 aromatic carbocycles. The minimum absolute atomic E-state index is 0.315. The van der Waals surface area contributed by atoms with Crippen LogP contribution in [-0.4, -0.2) is 14.2 Å². The highest BCUT2D eigenvalue weighted by atomic mass is 35.5. The lowest BCUT2D eigenvalue weighted by Gasteiger charge is -2.12. The second-order valence-electron chi connectivity index (χ2n) is 3.77. The lowest BCUT2D eigenvalue weighted by molar-refractivity contribution is 0.392. The molecule has 0 fully saturated rings. The fraction of sp³-hybridized carbons (Fsp3) is 0.231. The van der Waals surface area contributed by atoms with E-state index in [-0.39, 0.29) is 0 Å². The summed E-state index contributed by atoms with van der Waals surface area (Å²) in [6, 6.07) is 8.45. The second-order valence-corrected chi connectivity index (χ2v) is 4.14. The summed E-state index contributed by atoms with van der Waals surface area (Å²) in [5.74, 6) is 1.95. The minimum atomic E-state index is -0.415. The summed E-state index contributed by atoms with van der Waals surface area (Å²) in [6.07, 6.45) is 0. The molecule has 0 spiro atoms. The molecule has 0 bridgehead atoms. The highest BCUT2D eigenvalue weighted by Crippen LogP contribution is 2.30. The van der Waals surface area contributed by atoms with Crippen molar-refractivity contribution in [1.29, 1.82) is 0 Å². The smallest absolute Gasteiger partial charge is 0.193 e. The number of halogens is 1. The Hall–Kier alpha value is -1.65. The molecule has 1 unspecified atom stereocenters. The van der Waals surface area contributed by atoms with Gasteiger partial charge in [0, 0.05) is 6.07 Å². The lowest BCUT2D eigenvalue weighted by Crippen LogP contribution is -2.11. The van der Waals surface area contributed by atoms with Gasteiger partial charge in [-0.1, -0.05) is 0 Å². The van der Waals surface area contributed by atoms with Crippen molar-refractivity contribution in [2.24, 2.45) is 5.73 Å². The first-order valence-corrected chi connectivity index (χ1v) is 5.75. The van der Waals surface area contributed by atoms with E-state index < -0.39 is 6.04 Å². The van der Waals surface area contributed by atoms with Gasteiger partial charge in [0.25, 0.3) is 0 Å². The first-order chi connectivity index (χ1) is 8.63. The van der Waals surface area contributed by atoms with Crippen LogP contribution in [0.3, 0.4) is 0 Å². The molecular formula is C13H14ClNO3. The Morgan fingerprint density at radius 2 is 1.72 bits per heavy atom. The molecule has 96 valence electrons. The molecule has 5 heteroatoms. The van der Waals surface area contributed by atoms with Gasteiger partial charge in [-0.15, -0.1) is 0 Å². The fourth-order valence-electron chi connectivity index (χ4n) is 1.67. The summed E-state index contributed by atoms with van der Waals surface area (Å²) in [7, 11) is 3.18. The van der Waals surface area contributed by atoms with Crippen molar-refractivity contribution in [2.75, 3.05) is 14.2 Å². The molecule has 0 saturated carbocycles. The van der Waals surface area contributed by atoms with Crippen molar-refractivity contribution >= 4 is 11.6 Å². The number of benzene rings is 1. The highest BCUT2D eigenvalue weighted by molar-refractivity contribution is 6.28. The topological polar surface area (TPSA) is 57.6 Å². The van der Waals surface area contributed by atoms with Gasteiger partial charge in [0.1, 0.15) is 17.3 Å². The number of rotatable bonds is 4. The van der Waals surface area contributed by atoms with Gasteiger partial charge in [-0.25, -0.2) is 0 Å². The van der Waals surface area contributed by atoms with E-state index in [9.17, 15) is 0 Å². The van der Waals surface area contributed by atoms with Gasteiger partial charge in [0.05, 0.1) is 20.3 Å². The van der Waals surface area contributed by atoms with Gasteiger partial charge in [-0.2, -0.15) is 0 Å². The molecule has 0 saturated heterocycles. The fourth-order valence-corrected chi connectivity index (χ4v) is 1.82. The van der Waals surface area contributed by atoms with E-state index in [0.29, 0.717) is 22.5 Å². The zero-order valence-electron chi connectivity index (χ0n) is 10.1. The van der Waals surface area contributed by atoms with Gasteiger partial charge in [0.2, 0.25) is 0 Å². The average molecular weight is 268 g/mol. The predicted octanol–water partition coefficient (Wildman–Crippen LogP) is 3.00. The maximum Gasteiger partial charge on any atom is 0.193 e. The maximum atomic E-state index is 6.11. The van der Waals surface area contributed by atoms with Crippen LogP contribution in [0.2, 0.25) is 5.22 Å². The normalized spacial score (nSPS) is 12.2. The summed E-state index contributed by atoms with van der Waals surface area (Å²) in [5, 5.41) is 0.315. The van der Waals surface area contributed by atoms with Gasteiger partial charge in [-0.3, -0.25) is 0 Å². The van der Waals surface area contributed by atoms with Crippen molar-refractivity contribution in [3.05, 3.63) is 46.9 Å². The zero-order chi connectivity index (χ0) is 13.1. The summed E-state index contributed by atoms with van der Waals surface area (Å²) in [4.78, 5) is 0. The number of hydrogen-bond acceptors (Lipinski definition) is 4. The van der Waals surface area contributed by atoms with Gasteiger partial charge in [-0.05, 0) is 41.4 Å². The van der Waals surface area contributed by atoms with Crippen LogP contribution in [0.4, 0.5) is 0 Å². The zero-order valence-corrected chi connectivity index (χ0v) is 10.9. The van der Waals surface area contributed by atoms with Crippen LogP contribution in [0.25, 0.3) is 0 Å². The van der Waals surface area contributed by atoms with Crippen LogP contribution in [0.5, 0.6) is 11.5 Å². The SMILES string of the molecule is COc1cc(OC)cc(C(N)c2ccc(Cl)o2)c1. The standard InChI is InChI=1S/C13H14ClNO3/c1-16-9-5-8(6-10(7-9)17-2)13(15)11-3-4-12(14)18-11/h3-7,13H,15H2,1-2H3. The molecule has 4 nitrogen and oxygen atoms in total. The number of nitrogens with two attached hydrogens (primary N) is 1. The summed E-state index contributed by atoms with van der Waals surface area (Å²) < 4.78 is 15.7. The molecule has 0 aliphatic carbocycles. The number of methoxy groups -OCH3 is 2. The van der Waals surface area contributed by atoms with E-state index in [1.54, 1.807) is 32.4 Å². The van der Waals surface area contributed by atoms with Crippen LogP contribution in [0, 0.1) is 0 Å². The summed E-state index contributed by atoms with van der Waals surface area (Å²) >= 11 is 5.74. The molecule has 1 aromatic heterocycles. The van der Waals surface area contributed by atoms with E-state index in [0.717, 1.165) is 5.56 Å². The lowest BCUT2D eigenvalue weighted by atomic mass is 10.0. The summed E-state index contributed by atoms with van der Waals surface area (Å²) in [5.41, 5.74) is 6.94. The third kappa shape index (κ3) is 2.60. The quantitative estimate of drug-likeness (QED) is 0.925. The molecular weight excluding hydrogens is 254 g/mol. The van der Waals surface area contributed by atoms with Crippen molar-refractivity contribution in [3.63, 3.8) is 0 Å². The Labute approximate surface area is 110 Å². The van der Waals surface area contributed by atoms with Crippen LogP contribution >= 0.6 is 11.6 Å². The third-order valence-corrected chi connectivity index (χ3v) is 2.84. The molecule has 0 amide bonds. The van der Waals surface area contributed by atoms with Crippen LogP contribution < -0.4 is 15.2 Å². The largest absolute Gasteiger partial charge is 0.497 e. The van der Waals surface area contributed by atoms with Gasteiger partial charge in [0.15, 0.2) is 5.22 Å². The van der Waals surface area contributed by atoms with Gasteiger partial charge < -0.3 is 19.6 Å². The Balaban J connectivity index is 2.37. The van der Waals surface area contributed by atoms with Crippen molar-refractivity contribution < 1.29 is 13.9 Å². The molecule has 0 radical (unpaired) electrons. The highest BCUT2D eigenvalue weighted by Gasteiger charge is 2.15. The third-order valence-electron chi connectivity index (χ3n) is 2.63. The van der Waals surface area contributed by atoms with Crippen molar-refractivity contribution in [3.8, 4) is 11.5 Å². The van der Waals surface area contributed by atoms with E-state index in [2.05, 4.69) is 0 Å². The van der Waals surface area contributed by atoms with Crippen LogP contribution in [-0.2, 0) is 0 Å². The van der Waals surface area contributed by atoms with Crippen molar-refractivity contribution in [1.82, 2.24) is 0 Å². The van der Waals surface area contributed by atoms with Crippen LogP contribution in [0.1, 0.15) is 17.4 Å². The summed E-state index contributed by atoms with van der Waals surface area (Å²) in [6.45, 7) is 0. The molecule has 2 N–H and O–H groups in total. The van der Waals surface area contributed by atoms with Crippen molar-refractivity contribution in [2.45, 2.75) is 6.04 Å². The Morgan fingerprint density at radius 3 is 2.17 bits per heavy atom. The number of ether oxygens (including phenoxy) is 2. The number of hydrogen-bond donors (Lipinski definition) is 1. The van der Waals surface area contributed by atoms with E-state index >= 15 is 0 Å². The van der Waals surface area contributed by atoms with Crippen LogP contribution in [0.15, 0.2) is 34.7 Å².